The molecule has 1 heterocycles. The first-order chi connectivity index (χ1) is 9.97. The van der Waals surface area contributed by atoms with Gasteiger partial charge in [-0.1, -0.05) is 32.0 Å². The summed E-state index contributed by atoms with van der Waals surface area (Å²) < 4.78 is 5.47. The van der Waals surface area contributed by atoms with Crippen LogP contribution in [0.5, 0.6) is 5.75 Å². The second kappa shape index (κ2) is 6.26. The van der Waals surface area contributed by atoms with E-state index >= 15 is 0 Å². The molecule has 0 spiro atoms. The van der Waals surface area contributed by atoms with Crippen molar-refractivity contribution in [2.45, 2.75) is 26.9 Å². The first-order valence-electron chi connectivity index (χ1n) is 7.22. The number of hydrogen-bond acceptors (Lipinski definition) is 4. The molecule has 2 amide bonds. The number of aliphatic hydroxyl groups is 1. The molecule has 1 saturated heterocycles. The lowest BCUT2D eigenvalue weighted by Gasteiger charge is -2.21. The van der Waals surface area contributed by atoms with Crippen molar-refractivity contribution in [1.29, 1.82) is 0 Å². The standard InChI is InChI=1S/C16H21NO4/c1-4-21-14-8-6-5-7-12(14)13(18)9-17-15(19)10(2)11(3)16(17)20/h5-8,10-11,13,18H,4,9H2,1-3H3. The topological polar surface area (TPSA) is 66.8 Å². The van der Waals surface area contributed by atoms with Crippen LogP contribution in [0.1, 0.15) is 32.4 Å². The summed E-state index contributed by atoms with van der Waals surface area (Å²) in [5.74, 6) is -0.521. The van der Waals surface area contributed by atoms with E-state index in [-0.39, 0.29) is 30.2 Å². The number of benzene rings is 1. The molecule has 1 aliphatic rings. The minimum Gasteiger partial charge on any atom is -0.493 e. The van der Waals surface area contributed by atoms with Gasteiger partial charge in [0.2, 0.25) is 11.8 Å². The molecule has 3 unspecified atom stereocenters. The molecule has 3 atom stereocenters. The maximum Gasteiger partial charge on any atom is 0.232 e. The molecule has 1 fully saturated rings. The Morgan fingerprint density at radius 3 is 2.33 bits per heavy atom. The van der Waals surface area contributed by atoms with E-state index in [1.807, 2.05) is 13.0 Å². The summed E-state index contributed by atoms with van der Waals surface area (Å²) in [6.45, 7) is 5.80. The molecule has 21 heavy (non-hydrogen) atoms. The zero-order chi connectivity index (χ0) is 15.6. The Balaban J connectivity index is 2.17. The number of rotatable bonds is 5. The van der Waals surface area contributed by atoms with Crippen LogP contribution in [-0.4, -0.2) is 35.0 Å². The van der Waals surface area contributed by atoms with E-state index in [0.29, 0.717) is 17.9 Å². The van der Waals surface area contributed by atoms with E-state index in [1.165, 1.54) is 0 Å². The van der Waals surface area contributed by atoms with E-state index < -0.39 is 6.10 Å². The van der Waals surface area contributed by atoms with Gasteiger partial charge in [-0.3, -0.25) is 14.5 Å². The predicted molar refractivity (Wildman–Crippen MR) is 77.6 cm³/mol. The summed E-state index contributed by atoms with van der Waals surface area (Å²) in [5, 5.41) is 10.4. The average molecular weight is 291 g/mol. The highest BCUT2D eigenvalue weighted by Crippen LogP contribution is 2.30. The first kappa shape index (κ1) is 15.5. The van der Waals surface area contributed by atoms with Crippen molar-refractivity contribution in [3.05, 3.63) is 29.8 Å². The first-order valence-corrected chi connectivity index (χ1v) is 7.22. The van der Waals surface area contributed by atoms with Crippen molar-refractivity contribution in [1.82, 2.24) is 4.90 Å². The molecule has 114 valence electrons. The molecule has 1 aromatic rings. The zero-order valence-electron chi connectivity index (χ0n) is 12.6. The molecule has 0 aliphatic carbocycles. The monoisotopic (exact) mass is 291 g/mol. The Morgan fingerprint density at radius 2 is 1.76 bits per heavy atom. The number of ether oxygens (including phenoxy) is 1. The average Bonchev–Trinajstić information content (AvgIpc) is 2.66. The number of para-hydroxylation sites is 1. The maximum absolute atomic E-state index is 12.1. The van der Waals surface area contributed by atoms with Crippen LogP contribution < -0.4 is 4.74 Å². The van der Waals surface area contributed by atoms with Crippen molar-refractivity contribution >= 4 is 11.8 Å². The summed E-state index contributed by atoms with van der Waals surface area (Å²) in [6.07, 6.45) is -0.946. The van der Waals surface area contributed by atoms with Gasteiger partial charge in [-0.25, -0.2) is 0 Å². The molecular formula is C16H21NO4. The number of hydrogen-bond donors (Lipinski definition) is 1. The van der Waals surface area contributed by atoms with E-state index in [4.69, 9.17) is 4.74 Å². The van der Waals surface area contributed by atoms with Gasteiger partial charge in [0, 0.05) is 17.4 Å². The number of imide groups is 1. The van der Waals surface area contributed by atoms with Gasteiger partial charge < -0.3 is 9.84 Å². The Labute approximate surface area is 124 Å². The Kier molecular flexibility index (Phi) is 4.63. The summed E-state index contributed by atoms with van der Waals surface area (Å²) in [7, 11) is 0. The lowest BCUT2D eigenvalue weighted by atomic mass is 10.00. The molecule has 5 heteroatoms. The molecule has 0 saturated carbocycles. The SMILES string of the molecule is CCOc1ccccc1C(O)CN1C(=O)C(C)C(C)C1=O. The third-order valence-corrected chi connectivity index (χ3v) is 3.99. The van der Waals surface area contributed by atoms with Crippen molar-refractivity contribution in [2.75, 3.05) is 13.2 Å². The largest absolute Gasteiger partial charge is 0.493 e. The van der Waals surface area contributed by atoms with Gasteiger partial charge >= 0.3 is 0 Å². The van der Waals surface area contributed by atoms with Crippen molar-refractivity contribution in [3.63, 3.8) is 0 Å². The second-order valence-electron chi connectivity index (χ2n) is 5.35. The zero-order valence-corrected chi connectivity index (χ0v) is 12.6. The van der Waals surface area contributed by atoms with Gasteiger partial charge in [0.15, 0.2) is 0 Å². The fraction of sp³-hybridized carbons (Fsp3) is 0.500. The second-order valence-corrected chi connectivity index (χ2v) is 5.35. The number of carbonyl (C=O) groups is 2. The lowest BCUT2D eigenvalue weighted by Crippen LogP contribution is -2.34. The van der Waals surface area contributed by atoms with Gasteiger partial charge in [-0.15, -0.1) is 0 Å². The predicted octanol–water partition coefficient (Wildman–Crippen LogP) is 1.76. The smallest absolute Gasteiger partial charge is 0.232 e. The molecule has 0 aromatic heterocycles. The molecule has 1 aliphatic heterocycles. The molecule has 0 radical (unpaired) electrons. The van der Waals surface area contributed by atoms with Crippen LogP contribution in [-0.2, 0) is 9.59 Å². The summed E-state index contributed by atoms with van der Waals surface area (Å²) >= 11 is 0. The maximum atomic E-state index is 12.1. The molecular weight excluding hydrogens is 270 g/mol. The minimum atomic E-state index is -0.946. The van der Waals surface area contributed by atoms with Gasteiger partial charge in [0.25, 0.3) is 0 Å². The minimum absolute atomic E-state index is 0.0313. The van der Waals surface area contributed by atoms with Gasteiger partial charge in [0.1, 0.15) is 11.9 Å². The molecule has 1 aromatic carbocycles. The van der Waals surface area contributed by atoms with Crippen molar-refractivity contribution in [2.24, 2.45) is 11.8 Å². The quantitative estimate of drug-likeness (QED) is 0.839. The molecule has 1 N–H and O–H groups in total. The van der Waals surface area contributed by atoms with Gasteiger partial charge in [0.05, 0.1) is 13.2 Å². The van der Waals surface area contributed by atoms with Gasteiger partial charge in [-0.05, 0) is 13.0 Å². The highest BCUT2D eigenvalue weighted by atomic mass is 16.5. The third-order valence-electron chi connectivity index (χ3n) is 3.99. The highest BCUT2D eigenvalue weighted by molar-refractivity contribution is 6.04. The number of β-amino-alcohol motifs (C(OH)–C–C–N with tert-alkyl or cyclic N) is 1. The van der Waals surface area contributed by atoms with E-state index in [9.17, 15) is 14.7 Å². The summed E-state index contributed by atoms with van der Waals surface area (Å²) in [5.41, 5.74) is 0.590. The molecule has 2 rings (SSSR count). The van der Waals surface area contributed by atoms with Crippen molar-refractivity contribution < 1.29 is 19.4 Å². The van der Waals surface area contributed by atoms with Crippen LogP contribution in [0.3, 0.4) is 0 Å². The number of amides is 2. The normalized spacial score (nSPS) is 23.5. The molecule has 5 nitrogen and oxygen atoms in total. The van der Waals surface area contributed by atoms with Crippen LogP contribution in [0, 0.1) is 11.8 Å². The third kappa shape index (κ3) is 2.93. The fourth-order valence-corrected chi connectivity index (χ4v) is 2.52. The lowest BCUT2D eigenvalue weighted by molar-refractivity contribution is -0.141. The van der Waals surface area contributed by atoms with Crippen molar-refractivity contribution in [3.8, 4) is 5.75 Å². The van der Waals surface area contributed by atoms with Crippen LogP contribution in [0.15, 0.2) is 24.3 Å². The van der Waals surface area contributed by atoms with Crippen LogP contribution >= 0.6 is 0 Å². The van der Waals surface area contributed by atoms with Crippen LogP contribution in [0.4, 0.5) is 0 Å². The summed E-state index contributed by atoms with van der Waals surface area (Å²) in [6, 6.07) is 7.12. The van der Waals surface area contributed by atoms with Gasteiger partial charge in [-0.2, -0.15) is 0 Å². The molecule has 0 bridgehead atoms. The Bertz CT molecular complexity index is 523. The van der Waals surface area contributed by atoms with Crippen LogP contribution in [0.25, 0.3) is 0 Å². The summed E-state index contributed by atoms with van der Waals surface area (Å²) in [4.78, 5) is 25.3. The number of carbonyl (C=O) groups excluding carboxylic acids is 2. The highest BCUT2D eigenvalue weighted by Gasteiger charge is 2.42. The number of nitrogens with zero attached hydrogens (tertiary/aromatic N) is 1. The van der Waals surface area contributed by atoms with E-state index in [0.717, 1.165) is 4.90 Å². The fourth-order valence-electron chi connectivity index (χ4n) is 2.52. The van der Waals surface area contributed by atoms with E-state index in [2.05, 4.69) is 0 Å². The van der Waals surface area contributed by atoms with E-state index in [1.54, 1.807) is 32.0 Å². The Morgan fingerprint density at radius 1 is 1.19 bits per heavy atom. The number of aliphatic hydroxyl groups excluding tert-OH is 1. The Hall–Kier alpha value is -1.88. The number of likely N-dealkylation sites (tertiary alicyclic amines) is 1. The van der Waals surface area contributed by atoms with Crippen LogP contribution in [0.2, 0.25) is 0 Å².